The molecule has 1 aliphatic carbocycles. The second kappa shape index (κ2) is 10.7. The molecule has 1 aromatic carbocycles. The molecule has 0 spiro atoms. The molecule has 2 aromatic rings. The van der Waals surface area contributed by atoms with Gasteiger partial charge in [0.1, 0.15) is 17.3 Å². The van der Waals surface area contributed by atoms with Crippen LogP contribution in [0.3, 0.4) is 0 Å². The predicted octanol–water partition coefficient (Wildman–Crippen LogP) is 3.34. The third kappa shape index (κ3) is 4.83. The molecule has 5 rings (SSSR count). The van der Waals surface area contributed by atoms with E-state index in [2.05, 4.69) is 14.6 Å². The number of nitrogens with zero attached hydrogens (tertiary/aromatic N) is 3. The van der Waals surface area contributed by atoms with Gasteiger partial charge in [-0.1, -0.05) is 25.2 Å². The molecule has 11 heteroatoms. The van der Waals surface area contributed by atoms with Crippen molar-refractivity contribution in [1.29, 1.82) is 0 Å². The number of ether oxygens (including phenoxy) is 1. The van der Waals surface area contributed by atoms with E-state index in [4.69, 9.17) is 0 Å². The molecule has 1 unspecified atom stereocenters. The van der Waals surface area contributed by atoms with Gasteiger partial charge in [-0.25, -0.2) is 4.79 Å². The zero-order chi connectivity index (χ0) is 27.9. The standard InChI is InChI=1S/C28H34F2N4O5/c1-3-32(12-13-35)10-5-11-33-25(37)28(2)16-21-20-15-19(39-26(29)30)8-9-22(20)31-23(21)24(34(28)27(33)38)17-6-4-7-18(36)14-17/h4,6,8-9,14-15,18,24,26,31,35-36H,3,5,7,10-13,16H2,1-2H3/t18?,24-,28+/m1/s1. The predicted molar refractivity (Wildman–Crippen MR) is 140 cm³/mol. The number of rotatable bonds is 10. The average molecular weight is 545 g/mol. The van der Waals surface area contributed by atoms with Crippen molar-refractivity contribution in [3.05, 3.63) is 53.3 Å². The zero-order valence-corrected chi connectivity index (χ0v) is 22.1. The Morgan fingerprint density at radius 3 is 2.77 bits per heavy atom. The first-order valence-electron chi connectivity index (χ1n) is 13.3. The summed E-state index contributed by atoms with van der Waals surface area (Å²) in [5.74, 6) is -0.307. The van der Waals surface area contributed by atoms with Gasteiger partial charge in [-0.2, -0.15) is 8.78 Å². The molecule has 3 atom stereocenters. The molecule has 3 amide bonds. The molecule has 210 valence electrons. The van der Waals surface area contributed by atoms with Crippen LogP contribution in [0.25, 0.3) is 10.9 Å². The maximum Gasteiger partial charge on any atom is 0.387 e. The van der Waals surface area contributed by atoms with Crippen molar-refractivity contribution < 1.29 is 33.3 Å². The van der Waals surface area contributed by atoms with Crippen LogP contribution in [0.5, 0.6) is 5.75 Å². The third-order valence-electron chi connectivity index (χ3n) is 7.97. The number of alkyl halides is 2. The van der Waals surface area contributed by atoms with Crippen molar-refractivity contribution >= 4 is 22.8 Å². The molecular formula is C28H34F2N4O5. The number of aliphatic hydroxyl groups excluding tert-OH is 2. The summed E-state index contributed by atoms with van der Waals surface area (Å²) >= 11 is 0. The number of aromatic amines is 1. The summed E-state index contributed by atoms with van der Waals surface area (Å²) in [6, 6.07) is 3.55. The summed E-state index contributed by atoms with van der Waals surface area (Å²) < 4.78 is 30.5. The maximum absolute atomic E-state index is 13.9. The number of halogens is 2. The van der Waals surface area contributed by atoms with Gasteiger partial charge in [0, 0.05) is 36.1 Å². The van der Waals surface area contributed by atoms with Crippen LogP contribution >= 0.6 is 0 Å². The second-order valence-electron chi connectivity index (χ2n) is 10.4. The van der Waals surface area contributed by atoms with Gasteiger partial charge >= 0.3 is 12.6 Å². The van der Waals surface area contributed by atoms with Crippen molar-refractivity contribution in [3.8, 4) is 5.75 Å². The number of urea groups is 1. The topological polar surface area (TPSA) is 109 Å². The number of hydrogen-bond donors (Lipinski definition) is 3. The lowest BCUT2D eigenvalue weighted by molar-refractivity contribution is -0.133. The van der Waals surface area contributed by atoms with E-state index in [9.17, 15) is 28.6 Å². The highest BCUT2D eigenvalue weighted by Crippen LogP contribution is 2.49. The van der Waals surface area contributed by atoms with E-state index in [-0.39, 0.29) is 31.2 Å². The number of likely N-dealkylation sites (N-methyl/N-ethyl adjacent to an activating group) is 1. The number of H-pyrrole nitrogens is 1. The van der Waals surface area contributed by atoms with Crippen LogP contribution in [-0.4, -0.2) is 92.9 Å². The number of benzene rings is 1. The Bertz CT molecular complexity index is 1320. The SMILES string of the molecule is CCN(CCO)CCCN1C(=O)N2[C@H](C3=CC(O)CC=C3)c3[nH]c4ccc(OC(F)F)cc4c3C[C@@]2(C)C1=O. The van der Waals surface area contributed by atoms with E-state index < -0.39 is 30.3 Å². The molecule has 9 nitrogen and oxygen atoms in total. The largest absolute Gasteiger partial charge is 0.435 e. The van der Waals surface area contributed by atoms with E-state index in [0.29, 0.717) is 48.1 Å². The lowest BCUT2D eigenvalue weighted by Gasteiger charge is -2.43. The number of fused-ring (bicyclic) bond motifs is 4. The van der Waals surface area contributed by atoms with Gasteiger partial charge < -0.3 is 24.8 Å². The summed E-state index contributed by atoms with van der Waals surface area (Å²) in [6.07, 6.45) is 5.87. The highest BCUT2D eigenvalue weighted by molar-refractivity contribution is 6.08. The van der Waals surface area contributed by atoms with Crippen LogP contribution in [0, 0.1) is 0 Å². The zero-order valence-electron chi connectivity index (χ0n) is 22.1. The van der Waals surface area contributed by atoms with Crippen LogP contribution < -0.4 is 4.74 Å². The Morgan fingerprint density at radius 2 is 2.08 bits per heavy atom. The van der Waals surface area contributed by atoms with Gasteiger partial charge in [-0.3, -0.25) is 14.6 Å². The van der Waals surface area contributed by atoms with Crippen molar-refractivity contribution in [3.63, 3.8) is 0 Å². The van der Waals surface area contributed by atoms with Gasteiger partial charge in [0.05, 0.1) is 12.7 Å². The first-order valence-corrected chi connectivity index (χ1v) is 13.3. The highest BCUT2D eigenvalue weighted by Gasteiger charge is 2.60. The summed E-state index contributed by atoms with van der Waals surface area (Å²) in [5, 5.41) is 20.3. The Morgan fingerprint density at radius 1 is 1.28 bits per heavy atom. The number of carbonyl (C=O) groups excluding carboxylic acids is 2. The number of hydrogen-bond acceptors (Lipinski definition) is 6. The fraction of sp³-hybridized carbons (Fsp3) is 0.500. The minimum absolute atomic E-state index is 0.00874. The summed E-state index contributed by atoms with van der Waals surface area (Å²) in [5.41, 5.74) is 1.59. The fourth-order valence-electron chi connectivity index (χ4n) is 6.11. The quantitative estimate of drug-likeness (QED) is 0.396. The average Bonchev–Trinajstić information content (AvgIpc) is 3.33. The third-order valence-corrected chi connectivity index (χ3v) is 7.97. The normalized spacial score (nSPS) is 24.7. The molecule has 2 aliphatic heterocycles. The van der Waals surface area contributed by atoms with Crippen molar-refractivity contribution in [2.45, 2.75) is 57.4 Å². The molecule has 1 aromatic heterocycles. The van der Waals surface area contributed by atoms with Crippen molar-refractivity contribution in [2.24, 2.45) is 0 Å². The van der Waals surface area contributed by atoms with Crippen LogP contribution in [-0.2, 0) is 11.2 Å². The number of imide groups is 1. The number of carbonyl (C=O) groups is 2. The molecule has 1 saturated heterocycles. The highest BCUT2D eigenvalue weighted by atomic mass is 19.3. The lowest BCUT2D eigenvalue weighted by atomic mass is 9.80. The van der Waals surface area contributed by atoms with Crippen molar-refractivity contribution in [2.75, 3.05) is 32.8 Å². The Kier molecular flexibility index (Phi) is 7.49. The van der Waals surface area contributed by atoms with E-state index in [0.717, 1.165) is 12.1 Å². The van der Waals surface area contributed by atoms with E-state index in [1.807, 2.05) is 19.1 Å². The number of aromatic nitrogens is 1. The first kappa shape index (κ1) is 27.3. The Hall–Kier alpha value is -3.28. The monoisotopic (exact) mass is 544 g/mol. The van der Waals surface area contributed by atoms with Gasteiger partial charge in [-0.15, -0.1) is 0 Å². The minimum Gasteiger partial charge on any atom is -0.435 e. The fourth-order valence-corrected chi connectivity index (χ4v) is 6.11. The van der Waals surface area contributed by atoms with Gasteiger partial charge in [0.15, 0.2) is 0 Å². The molecule has 1 fully saturated rings. The van der Waals surface area contributed by atoms with E-state index in [1.165, 1.54) is 17.0 Å². The van der Waals surface area contributed by atoms with Gasteiger partial charge in [-0.05, 0) is 62.2 Å². The van der Waals surface area contributed by atoms with Crippen LogP contribution in [0.4, 0.5) is 13.6 Å². The smallest absolute Gasteiger partial charge is 0.387 e. The van der Waals surface area contributed by atoms with Crippen LogP contribution in [0.1, 0.15) is 44.0 Å². The van der Waals surface area contributed by atoms with Crippen LogP contribution in [0.15, 0.2) is 42.0 Å². The summed E-state index contributed by atoms with van der Waals surface area (Å²) in [7, 11) is 0. The summed E-state index contributed by atoms with van der Waals surface area (Å²) in [4.78, 5) is 36.1. The minimum atomic E-state index is -2.97. The molecule has 0 saturated carbocycles. The van der Waals surface area contributed by atoms with E-state index >= 15 is 0 Å². The maximum atomic E-state index is 13.9. The summed E-state index contributed by atoms with van der Waals surface area (Å²) in [6.45, 7) is 2.93. The number of nitrogens with one attached hydrogen (secondary N) is 1. The van der Waals surface area contributed by atoms with Gasteiger partial charge in [0.2, 0.25) is 0 Å². The number of aliphatic hydroxyl groups is 2. The Labute approximate surface area is 225 Å². The molecule has 3 N–H and O–H groups in total. The molecule has 3 aliphatic rings. The number of amides is 3. The molecule has 0 bridgehead atoms. The first-order chi connectivity index (χ1) is 18.7. The molecule has 39 heavy (non-hydrogen) atoms. The second-order valence-corrected chi connectivity index (χ2v) is 10.4. The van der Waals surface area contributed by atoms with Crippen molar-refractivity contribution in [1.82, 2.24) is 19.7 Å². The molecule has 3 heterocycles. The Balaban J connectivity index is 1.55. The van der Waals surface area contributed by atoms with Gasteiger partial charge in [0.25, 0.3) is 5.91 Å². The van der Waals surface area contributed by atoms with Crippen LogP contribution in [0.2, 0.25) is 0 Å². The molecule has 0 radical (unpaired) electrons. The molecular weight excluding hydrogens is 510 g/mol. The lowest BCUT2D eigenvalue weighted by Crippen LogP contribution is -2.53. The van der Waals surface area contributed by atoms with E-state index in [1.54, 1.807) is 24.0 Å².